The van der Waals surface area contributed by atoms with Crippen LogP contribution in [0.4, 0.5) is 14.5 Å². The number of nitrogens with zero attached hydrogens (tertiary/aromatic N) is 2. The van der Waals surface area contributed by atoms with Crippen LogP contribution in [-0.2, 0) is 0 Å². The van der Waals surface area contributed by atoms with Gasteiger partial charge >= 0.3 is 0 Å². The standard InChI is InChI=1S/C14H18F2N2/c15-12-5-1-6-13(16)14(12)18-9-3-8-17-7-2-4-11(17)10-18/h1,5-6,11H,2-4,7-10H2. The number of fused-ring (bicyclic) bond motifs is 1. The average molecular weight is 252 g/mol. The van der Waals surface area contributed by atoms with Crippen LogP contribution in [0.5, 0.6) is 0 Å². The summed E-state index contributed by atoms with van der Waals surface area (Å²) >= 11 is 0. The van der Waals surface area contributed by atoms with Crippen molar-refractivity contribution in [2.75, 3.05) is 31.1 Å². The van der Waals surface area contributed by atoms with Gasteiger partial charge in [-0.15, -0.1) is 0 Å². The van der Waals surface area contributed by atoms with Gasteiger partial charge in [0.2, 0.25) is 0 Å². The molecule has 2 nitrogen and oxygen atoms in total. The third-order valence-corrected chi connectivity index (χ3v) is 4.06. The van der Waals surface area contributed by atoms with Crippen molar-refractivity contribution >= 4 is 5.69 Å². The van der Waals surface area contributed by atoms with Crippen LogP contribution in [-0.4, -0.2) is 37.1 Å². The van der Waals surface area contributed by atoms with Gasteiger partial charge in [0.05, 0.1) is 0 Å². The Kier molecular flexibility index (Phi) is 3.20. The van der Waals surface area contributed by atoms with E-state index in [2.05, 4.69) is 4.90 Å². The molecule has 2 heterocycles. The topological polar surface area (TPSA) is 6.48 Å². The van der Waals surface area contributed by atoms with Gasteiger partial charge in [-0.1, -0.05) is 6.07 Å². The second kappa shape index (κ2) is 4.84. The van der Waals surface area contributed by atoms with Crippen molar-refractivity contribution < 1.29 is 8.78 Å². The smallest absolute Gasteiger partial charge is 0.149 e. The second-order valence-corrected chi connectivity index (χ2v) is 5.20. The minimum atomic E-state index is -0.443. The summed E-state index contributed by atoms with van der Waals surface area (Å²) in [5.74, 6) is -0.886. The van der Waals surface area contributed by atoms with Crippen LogP contribution >= 0.6 is 0 Å². The molecule has 0 radical (unpaired) electrons. The summed E-state index contributed by atoms with van der Waals surface area (Å²) in [4.78, 5) is 4.35. The largest absolute Gasteiger partial charge is 0.365 e. The van der Waals surface area contributed by atoms with Crippen LogP contribution in [0, 0.1) is 11.6 Å². The lowest BCUT2D eigenvalue weighted by molar-refractivity contribution is 0.273. The molecule has 0 spiro atoms. The van der Waals surface area contributed by atoms with E-state index in [0.29, 0.717) is 6.04 Å². The Morgan fingerprint density at radius 1 is 1.00 bits per heavy atom. The molecule has 2 fully saturated rings. The molecular weight excluding hydrogens is 234 g/mol. The molecule has 3 rings (SSSR count). The van der Waals surface area contributed by atoms with Crippen LogP contribution in [0.15, 0.2) is 18.2 Å². The third kappa shape index (κ3) is 2.09. The lowest BCUT2D eigenvalue weighted by Crippen LogP contribution is -2.37. The van der Waals surface area contributed by atoms with E-state index in [1.165, 1.54) is 24.6 Å². The maximum atomic E-state index is 13.8. The van der Waals surface area contributed by atoms with E-state index in [-0.39, 0.29) is 5.69 Å². The first kappa shape index (κ1) is 11.9. The van der Waals surface area contributed by atoms with E-state index < -0.39 is 11.6 Å². The lowest BCUT2D eigenvalue weighted by Gasteiger charge is -2.27. The minimum Gasteiger partial charge on any atom is -0.365 e. The molecule has 18 heavy (non-hydrogen) atoms. The van der Waals surface area contributed by atoms with Gasteiger partial charge in [-0.2, -0.15) is 0 Å². The summed E-state index contributed by atoms with van der Waals surface area (Å²) in [6.07, 6.45) is 3.33. The zero-order valence-electron chi connectivity index (χ0n) is 10.4. The number of para-hydroxylation sites is 1. The number of rotatable bonds is 1. The van der Waals surface area contributed by atoms with Crippen LogP contribution in [0.25, 0.3) is 0 Å². The van der Waals surface area contributed by atoms with Crippen LogP contribution in [0.3, 0.4) is 0 Å². The van der Waals surface area contributed by atoms with E-state index in [1.54, 1.807) is 0 Å². The van der Waals surface area contributed by atoms with Gasteiger partial charge in [0, 0.05) is 25.7 Å². The predicted molar refractivity (Wildman–Crippen MR) is 67.8 cm³/mol. The van der Waals surface area contributed by atoms with Crippen LogP contribution in [0.1, 0.15) is 19.3 Å². The first-order valence-corrected chi connectivity index (χ1v) is 6.69. The van der Waals surface area contributed by atoms with Crippen molar-refractivity contribution in [1.82, 2.24) is 4.90 Å². The fourth-order valence-corrected chi connectivity index (χ4v) is 3.20. The molecule has 1 unspecified atom stereocenters. The van der Waals surface area contributed by atoms with Gasteiger partial charge in [-0.25, -0.2) is 8.78 Å². The number of anilines is 1. The van der Waals surface area contributed by atoms with Crippen molar-refractivity contribution in [2.45, 2.75) is 25.3 Å². The Labute approximate surface area is 106 Å². The summed E-state index contributed by atoms with van der Waals surface area (Å²) in [7, 11) is 0. The normalized spacial score (nSPS) is 25.0. The Morgan fingerprint density at radius 2 is 1.72 bits per heavy atom. The summed E-state index contributed by atoms with van der Waals surface area (Å²) in [6, 6.07) is 4.57. The zero-order chi connectivity index (χ0) is 12.5. The minimum absolute atomic E-state index is 0.159. The Bertz CT molecular complexity index is 416. The fourth-order valence-electron chi connectivity index (χ4n) is 3.20. The van der Waals surface area contributed by atoms with Crippen molar-refractivity contribution in [3.8, 4) is 0 Å². The molecule has 0 aromatic heterocycles. The van der Waals surface area contributed by atoms with Gasteiger partial charge in [0.25, 0.3) is 0 Å². The van der Waals surface area contributed by atoms with E-state index in [4.69, 9.17) is 0 Å². The molecule has 0 saturated carbocycles. The SMILES string of the molecule is Fc1cccc(F)c1N1CCCN2CCCC2C1. The van der Waals surface area contributed by atoms with Crippen molar-refractivity contribution in [3.63, 3.8) is 0 Å². The molecule has 1 aromatic rings. The number of halogens is 2. The van der Waals surface area contributed by atoms with Crippen molar-refractivity contribution in [3.05, 3.63) is 29.8 Å². The molecule has 0 amide bonds. The monoisotopic (exact) mass is 252 g/mol. The first-order chi connectivity index (χ1) is 8.75. The number of benzene rings is 1. The molecule has 0 bridgehead atoms. The molecule has 0 aliphatic carbocycles. The maximum Gasteiger partial charge on any atom is 0.149 e. The number of hydrogen-bond donors (Lipinski definition) is 0. The molecule has 1 atom stereocenters. The average Bonchev–Trinajstić information content (AvgIpc) is 2.68. The molecule has 2 aliphatic rings. The van der Waals surface area contributed by atoms with E-state index in [9.17, 15) is 8.78 Å². The van der Waals surface area contributed by atoms with Gasteiger partial charge < -0.3 is 4.90 Å². The summed E-state index contributed by atoms with van der Waals surface area (Å²) in [6.45, 7) is 3.68. The quantitative estimate of drug-likeness (QED) is 0.758. The molecule has 4 heteroatoms. The highest BCUT2D eigenvalue weighted by atomic mass is 19.1. The second-order valence-electron chi connectivity index (χ2n) is 5.20. The highest BCUT2D eigenvalue weighted by Crippen LogP contribution is 2.28. The zero-order valence-corrected chi connectivity index (χ0v) is 10.4. The summed E-state index contributed by atoms with van der Waals surface area (Å²) in [5.41, 5.74) is 0.159. The highest BCUT2D eigenvalue weighted by molar-refractivity contribution is 5.49. The third-order valence-electron chi connectivity index (χ3n) is 4.06. The lowest BCUT2D eigenvalue weighted by atomic mass is 10.2. The molecule has 0 N–H and O–H groups in total. The Morgan fingerprint density at radius 3 is 2.50 bits per heavy atom. The van der Waals surface area contributed by atoms with Gasteiger partial charge in [0.15, 0.2) is 0 Å². The fraction of sp³-hybridized carbons (Fsp3) is 0.571. The van der Waals surface area contributed by atoms with E-state index in [1.807, 2.05) is 4.90 Å². The molecular formula is C14H18F2N2. The molecule has 1 aromatic carbocycles. The van der Waals surface area contributed by atoms with Crippen LogP contribution in [0.2, 0.25) is 0 Å². The van der Waals surface area contributed by atoms with Gasteiger partial charge in [-0.05, 0) is 37.9 Å². The Hall–Kier alpha value is -1.16. The summed E-state index contributed by atoms with van der Waals surface area (Å²) < 4.78 is 27.6. The first-order valence-electron chi connectivity index (χ1n) is 6.69. The molecule has 2 saturated heterocycles. The van der Waals surface area contributed by atoms with E-state index in [0.717, 1.165) is 39.0 Å². The summed E-state index contributed by atoms with van der Waals surface area (Å²) in [5, 5.41) is 0. The van der Waals surface area contributed by atoms with Gasteiger partial charge in [-0.3, -0.25) is 4.90 Å². The van der Waals surface area contributed by atoms with Gasteiger partial charge in [0.1, 0.15) is 17.3 Å². The van der Waals surface area contributed by atoms with Crippen LogP contribution < -0.4 is 4.90 Å². The number of hydrogen-bond acceptors (Lipinski definition) is 2. The molecule has 98 valence electrons. The molecule has 2 aliphatic heterocycles. The van der Waals surface area contributed by atoms with Crippen molar-refractivity contribution in [2.24, 2.45) is 0 Å². The van der Waals surface area contributed by atoms with E-state index >= 15 is 0 Å². The maximum absolute atomic E-state index is 13.8. The highest BCUT2D eigenvalue weighted by Gasteiger charge is 2.30. The van der Waals surface area contributed by atoms with Crippen molar-refractivity contribution in [1.29, 1.82) is 0 Å². The predicted octanol–water partition coefficient (Wildman–Crippen LogP) is 2.64. The Balaban J connectivity index is 1.87.